The molecule has 0 aromatic heterocycles. The SMILES string of the molecule is CCCC(C)N(C)CCC(=O)c1ccccc1F. The van der Waals surface area contributed by atoms with E-state index in [4.69, 9.17) is 0 Å². The van der Waals surface area contributed by atoms with Crippen LogP contribution >= 0.6 is 0 Å². The lowest BCUT2D eigenvalue weighted by Crippen LogP contribution is -2.31. The Kier molecular flexibility index (Phi) is 5.99. The van der Waals surface area contributed by atoms with Crippen LogP contribution in [0.4, 0.5) is 4.39 Å². The van der Waals surface area contributed by atoms with E-state index < -0.39 is 5.82 Å². The third-order valence-corrected chi connectivity index (χ3v) is 3.32. The normalized spacial score (nSPS) is 12.7. The fourth-order valence-electron chi connectivity index (χ4n) is 1.96. The molecular weight excluding hydrogens is 229 g/mol. The molecule has 100 valence electrons. The van der Waals surface area contributed by atoms with Gasteiger partial charge in [-0.1, -0.05) is 25.5 Å². The Morgan fingerprint density at radius 2 is 2.06 bits per heavy atom. The monoisotopic (exact) mass is 251 g/mol. The maximum atomic E-state index is 13.4. The van der Waals surface area contributed by atoms with Crippen LogP contribution in [0.25, 0.3) is 0 Å². The van der Waals surface area contributed by atoms with Crippen molar-refractivity contribution in [3.63, 3.8) is 0 Å². The van der Waals surface area contributed by atoms with Crippen molar-refractivity contribution in [2.75, 3.05) is 13.6 Å². The summed E-state index contributed by atoms with van der Waals surface area (Å²) in [5, 5.41) is 0. The van der Waals surface area contributed by atoms with Gasteiger partial charge in [0.1, 0.15) is 5.82 Å². The lowest BCUT2D eigenvalue weighted by molar-refractivity contribution is 0.0957. The van der Waals surface area contributed by atoms with Crippen LogP contribution in [0.2, 0.25) is 0 Å². The highest BCUT2D eigenvalue weighted by Gasteiger charge is 2.13. The molecule has 1 unspecified atom stereocenters. The van der Waals surface area contributed by atoms with Gasteiger partial charge in [0.15, 0.2) is 5.78 Å². The van der Waals surface area contributed by atoms with Crippen LogP contribution in [0, 0.1) is 5.82 Å². The molecule has 0 saturated carbocycles. The first-order valence-electron chi connectivity index (χ1n) is 6.54. The molecular formula is C15H22FNO. The molecule has 0 bridgehead atoms. The summed E-state index contributed by atoms with van der Waals surface area (Å²) in [6, 6.07) is 6.63. The van der Waals surface area contributed by atoms with E-state index in [0.717, 1.165) is 12.8 Å². The zero-order valence-electron chi connectivity index (χ0n) is 11.4. The summed E-state index contributed by atoms with van der Waals surface area (Å²) in [7, 11) is 2.01. The van der Waals surface area contributed by atoms with Crippen LogP contribution in [0.5, 0.6) is 0 Å². The highest BCUT2D eigenvalue weighted by atomic mass is 19.1. The van der Waals surface area contributed by atoms with E-state index in [-0.39, 0.29) is 11.3 Å². The molecule has 2 nitrogen and oxygen atoms in total. The fourth-order valence-corrected chi connectivity index (χ4v) is 1.96. The number of carbonyl (C=O) groups excluding carboxylic acids is 1. The van der Waals surface area contributed by atoms with Gasteiger partial charge in [0, 0.05) is 19.0 Å². The first-order chi connectivity index (χ1) is 8.56. The van der Waals surface area contributed by atoms with E-state index in [2.05, 4.69) is 18.7 Å². The van der Waals surface area contributed by atoms with Gasteiger partial charge in [-0.25, -0.2) is 4.39 Å². The second-order valence-electron chi connectivity index (χ2n) is 4.77. The lowest BCUT2D eigenvalue weighted by atomic mass is 10.1. The van der Waals surface area contributed by atoms with Crippen molar-refractivity contribution in [2.24, 2.45) is 0 Å². The second-order valence-corrected chi connectivity index (χ2v) is 4.77. The first-order valence-corrected chi connectivity index (χ1v) is 6.54. The molecule has 1 aromatic carbocycles. The second kappa shape index (κ2) is 7.27. The van der Waals surface area contributed by atoms with Crippen LogP contribution in [0.1, 0.15) is 43.5 Å². The average Bonchev–Trinajstić information content (AvgIpc) is 2.36. The Morgan fingerprint density at radius 1 is 1.39 bits per heavy atom. The van der Waals surface area contributed by atoms with Gasteiger partial charge in [-0.2, -0.15) is 0 Å². The first kappa shape index (κ1) is 14.8. The molecule has 0 spiro atoms. The molecule has 1 atom stereocenters. The molecule has 0 amide bonds. The van der Waals surface area contributed by atoms with Gasteiger partial charge in [0.05, 0.1) is 5.56 Å². The van der Waals surface area contributed by atoms with Gasteiger partial charge in [0.2, 0.25) is 0 Å². The van der Waals surface area contributed by atoms with E-state index in [0.29, 0.717) is 19.0 Å². The van der Waals surface area contributed by atoms with Crippen LogP contribution in [0.3, 0.4) is 0 Å². The number of benzene rings is 1. The van der Waals surface area contributed by atoms with Crippen molar-refractivity contribution in [2.45, 2.75) is 39.2 Å². The van der Waals surface area contributed by atoms with Gasteiger partial charge in [-0.3, -0.25) is 4.79 Å². The molecule has 1 rings (SSSR count). The summed E-state index contributed by atoms with van der Waals surface area (Å²) in [4.78, 5) is 14.0. The zero-order chi connectivity index (χ0) is 13.5. The Hall–Kier alpha value is -1.22. The molecule has 0 saturated heterocycles. The third kappa shape index (κ3) is 4.22. The quantitative estimate of drug-likeness (QED) is 0.691. The van der Waals surface area contributed by atoms with Crippen LogP contribution in [-0.4, -0.2) is 30.3 Å². The summed E-state index contributed by atoms with van der Waals surface area (Å²) in [5.74, 6) is -0.546. The van der Waals surface area contributed by atoms with Crippen molar-refractivity contribution in [1.29, 1.82) is 0 Å². The number of carbonyl (C=O) groups is 1. The van der Waals surface area contributed by atoms with Gasteiger partial charge in [-0.15, -0.1) is 0 Å². The molecule has 0 radical (unpaired) electrons. The number of ketones is 1. The minimum Gasteiger partial charge on any atom is -0.303 e. The Bertz CT molecular complexity index is 392. The van der Waals surface area contributed by atoms with Gasteiger partial charge in [-0.05, 0) is 32.5 Å². The minimum atomic E-state index is -0.424. The van der Waals surface area contributed by atoms with Gasteiger partial charge in [0.25, 0.3) is 0 Å². The van der Waals surface area contributed by atoms with E-state index in [9.17, 15) is 9.18 Å². The molecule has 1 aromatic rings. The number of hydrogen-bond acceptors (Lipinski definition) is 2. The smallest absolute Gasteiger partial charge is 0.167 e. The Labute approximate surface area is 109 Å². The van der Waals surface area contributed by atoms with Gasteiger partial charge < -0.3 is 4.90 Å². The van der Waals surface area contributed by atoms with Crippen LogP contribution in [-0.2, 0) is 0 Å². The summed E-state index contributed by atoms with van der Waals surface area (Å²) in [6.45, 7) is 4.97. The summed E-state index contributed by atoms with van der Waals surface area (Å²) in [5.41, 5.74) is 0.203. The predicted octanol–water partition coefficient (Wildman–Crippen LogP) is 3.52. The highest BCUT2D eigenvalue weighted by molar-refractivity contribution is 5.96. The Morgan fingerprint density at radius 3 is 2.67 bits per heavy atom. The molecule has 0 N–H and O–H groups in total. The maximum absolute atomic E-state index is 13.4. The highest BCUT2D eigenvalue weighted by Crippen LogP contribution is 2.11. The van der Waals surface area contributed by atoms with Crippen LogP contribution < -0.4 is 0 Å². The molecule has 0 fully saturated rings. The van der Waals surface area contributed by atoms with E-state index in [1.807, 2.05) is 7.05 Å². The molecule has 0 aliphatic heterocycles. The Balaban J connectivity index is 2.49. The molecule has 0 heterocycles. The van der Waals surface area contributed by atoms with Crippen molar-refractivity contribution < 1.29 is 9.18 Å². The number of Topliss-reactive ketones (excluding diaryl/α,β-unsaturated/α-hetero) is 1. The van der Waals surface area contributed by atoms with E-state index in [1.165, 1.54) is 6.07 Å². The number of halogens is 1. The average molecular weight is 251 g/mol. The van der Waals surface area contributed by atoms with Crippen molar-refractivity contribution in [1.82, 2.24) is 4.90 Å². The summed E-state index contributed by atoms with van der Waals surface area (Å²) in [6.07, 6.45) is 2.61. The topological polar surface area (TPSA) is 20.3 Å². The standard InChI is InChI=1S/C15H22FNO/c1-4-7-12(2)17(3)11-10-15(18)13-8-5-6-9-14(13)16/h5-6,8-9,12H,4,7,10-11H2,1-3H3. The molecule has 18 heavy (non-hydrogen) atoms. The van der Waals surface area contributed by atoms with Crippen molar-refractivity contribution in [3.8, 4) is 0 Å². The van der Waals surface area contributed by atoms with E-state index in [1.54, 1.807) is 18.2 Å². The van der Waals surface area contributed by atoms with Gasteiger partial charge >= 0.3 is 0 Å². The maximum Gasteiger partial charge on any atom is 0.167 e. The zero-order valence-corrected chi connectivity index (χ0v) is 11.4. The number of hydrogen-bond donors (Lipinski definition) is 0. The van der Waals surface area contributed by atoms with Crippen molar-refractivity contribution in [3.05, 3.63) is 35.6 Å². The number of nitrogens with zero attached hydrogens (tertiary/aromatic N) is 1. The van der Waals surface area contributed by atoms with E-state index >= 15 is 0 Å². The summed E-state index contributed by atoms with van der Waals surface area (Å²) < 4.78 is 13.4. The summed E-state index contributed by atoms with van der Waals surface area (Å²) >= 11 is 0. The minimum absolute atomic E-state index is 0.122. The largest absolute Gasteiger partial charge is 0.303 e. The fraction of sp³-hybridized carbons (Fsp3) is 0.533. The molecule has 3 heteroatoms. The van der Waals surface area contributed by atoms with Crippen molar-refractivity contribution >= 4 is 5.78 Å². The number of rotatable bonds is 7. The predicted molar refractivity (Wildman–Crippen MR) is 72.3 cm³/mol. The lowest BCUT2D eigenvalue weighted by Gasteiger charge is -2.23. The molecule has 0 aliphatic carbocycles. The third-order valence-electron chi connectivity index (χ3n) is 3.32. The molecule has 0 aliphatic rings. The van der Waals surface area contributed by atoms with Crippen LogP contribution in [0.15, 0.2) is 24.3 Å².